The topological polar surface area (TPSA) is 72.9 Å². The zero-order valence-electron chi connectivity index (χ0n) is 6.56. The van der Waals surface area contributed by atoms with Gasteiger partial charge in [-0.15, -0.1) is 5.16 Å². The molecule has 66 valence electrons. The molecule has 0 spiro atoms. The second kappa shape index (κ2) is 2.78. The Balaban J connectivity index is 2.65. The highest BCUT2D eigenvalue weighted by Gasteiger charge is 2.14. The Kier molecular flexibility index (Phi) is 1.63. The van der Waals surface area contributed by atoms with Crippen molar-refractivity contribution < 1.29 is 9.53 Å². The minimum Gasteiger partial charge on any atom is -0.359 e. The van der Waals surface area contributed by atoms with E-state index in [1.807, 2.05) is 5.16 Å². The van der Waals surface area contributed by atoms with E-state index in [0.717, 1.165) is 0 Å². The normalized spacial score (nSPS) is 10.2. The number of rotatable bonds is 1. The van der Waals surface area contributed by atoms with Crippen LogP contribution in [-0.4, -0.2) is 5.16 Å². The van der Waals surface area contributed by atoms with E-state index >= 15 is 0 Å². The van der Waals surface area contributed by atoms with Crippen LogP contribution in [0.15, 0.2) is 39.8 Å². The number of H-pyrrole nitrogens is 1. The first-order valence-corrected chi connectivity index (χ1v) is 3.66. The first-order valence-electron chi connectivity index (χ1n) is 3.66. The number of benzene rings is 1. The van der Waals surface area contributed by atoms with Gasteiger partial charge in [0.25, 0.3) is 5.69 Å². The summed E-state index contributed by atoms with van der Waals surface area (Å²) in [7, 11) is 0. The van der Waals surface area contributed by atoms with Crippen molar-refractivity contribution in [3.63, 3.8) is 0 Å². The van der Waals surface area contributed by atoms with Crippen molar-refractivity contribution in [1.82, 2.24) is 5.16 Å². The van der Waals surface area contributed by atoms with Gasteiger partial charge in [0.05, 0.1) is 0 Å². The smallest absolute Gasteiger partial charge is 0.359 e. The molecule has 2 aromatic rings. The van der Waals surface area contributed by atoms with Gasteiger partial charge in [-0.1, -0.05) is 30.3 Å². The minimum atomic E-state index is -0.527. The number of nitrogens with one attached hydrogen (secondary N) is 1. The quantitative estimate of drug-likeness (QED) is 0.637. The zero-order chi connectivity index (χ0) is 9.26. The lowest BCUT2D eigenvalue weighted by atomic mass is 10.2. The number of aromatic amines is 1. The predicted octanol–water partition coefficient (Wildman–Crippen LogP) is 0.268. The molecule has 0 amide bonds. The van der Waals surface area contributed by atoms with Crippen molar-refractivity contribution in [2.75, 3.05) is 0 Å². The summed E-state index contributed by atoms with van der Waals surface area (Å²) in [5.41, 5.74) is -0.0192. The van der Waals surface area contributed by atoms with Crippen LogP contribution in [0, 0.1) is 5.21 Å². The Labute approximate surface area is 72.7 Å². The van der Waals surface area contributed by atoms with E-state index < -0.39 is 5.56 Å². The van der Waals surface area contributed by atoms with Crippen LogP contribution < -0.4 is 10.5 Å². The summed E-state index contributed by atoms with van der Waals surface area (Å²) < 4.78 is 4.27. The summed E-state index contributed by atoms with van der Waals surface area (Å²) in [6, 6.07) is 8.60. The van der Waals surface area contributed by atoms with Crippen molar-refractivity contribution >= 4 is 0 Å². The number of nitrogens with zero attached hydrogens (tertiary/aromatic N) is 1. The van der Waals surface area contributed by atoms with Crippen LogP contribution in [0.2, 0.25) is 0 Å². The third-order valence-electron chi connectivity index (χ3n) is 1.67. The zero-order valence-corrected chi connectivity index (χ0v) is 6.56. The summed E-state index contributed by atoms with van der Waals surface area (Å²) in [5, 5.41) is 12.9. The molecule has 0 aliphatic heterocycles. The lowest BCUT2D eigenvalue weighted by Gasteiger charge is -1.93. The standard InChI is InChI=1S/C8H6N2O3/c11-8-7(10(12)13-9-8)6-4-2-1-3-5-6/h1-5H,(H,9,11). The summed E-state index contributed by atoms with van der Waals surface area (Å²) in [6.07, 6.45) is 0. The largest absolute Gasteiger partial charge is 0.399 e. The third-order valence-corrected chi connectivity index (χ3v) is 1.67. The fraction of sp³-hybridized carbons (Fsp3) is 0. The molecule has 13 heavy (non-hydrogen) atoms. The maximum Gasteiger partial charge on any atom is 0.399 e. The second-order valence-electron chi connectivity index (χ2n) is 2.49. The molecule has 2 rings (SSSR count). The average molecular weight is 178 g/mol. The molecule has 1 aromatic heterocycles. The number of hydrogen-bond acceptors (Lipinski definition) is 3. The molecule has 5 heteroatoms. The van der Waals surface area contributed by atoms with Gasteiger partial charge in [-0.25, -0.2) is 4.79 Å². The van der Waals surface area contributed by atoms with Gasteiger partial charge >= 0.3 is 5.56 Å². The summed E-state index contributed by atoms with van der Waals surface area (Å²) in [6.45, 7) is 0. The highest BCUT2D eigenvalue weighted by molar-refractivity contribution is 5.54. The Morgan fingerprint density at radius 3 is 2.54 bits per heavy atom. The van der Waals surface area contributed by atoms with Gasteiger partial charge in [0.2, 0.25) is 0 Å². The summed E-state index contributed by atoms with van der Waals surface area (Å²) in [5.74, 6) is 0. The van der Waals surface area contributed by atoms with E-state index in [4.69, 9.17) is 0 Å². The lowest BCUT2D eigenvalue weighted by molar-refractivity contribution is -0.793. The molecule has 0 aliphatic carbocycles. The Morgan fingerprint density at radius 2 is 2.00 bits per heavy atom. The highest BCUT2D eigenvalue weighted by atomic mass is 16.8. The molecule has 0 unspecified atom stereocenters. The molecule has 0 saturated carbocycles. The van der Waals surface area contributed by atoms with Crippen molar-refractivity contribution in [1.29, 1.82) is 0 Å². The van der Waals surface area contributed by atoms with E-state index in [9.17, 15) is 10.0 Å². The van der Waals surface area contributed by atoms with Crippen molar-refractivity contribution in [2.45, 2.75) is 0 Å². The maximum atomic E-state index is 11.1. The Hall–Kier alpha value is -2.04. The fourth-order valence-corrected chi connectivity index (χ4v) is 1.09. The van der Waals surface area contributed by atoms with Crippen molar-refractivity contribution in [3.05, 3.63) is 45.9 Å². The first-order chi connectivity index (χ1) is 6.29. The van der Waals surface area contributed by atoms with Gasteiger partial charge < -0.3 is 9.84 Å². The van der Waals surface area contributed by atoms with Crippen LogP contribution in [0.1, 0.15) is 0 Å². The Morgan fingerprint density at radius 1 is 1.31 bits per heavy atom. The second-order valence-corrected chi connectivity index (χ2v) is 2.49. The average Bonchev–Trinajstić information content (AvgIpc) is 2.48. The van der Waals surface area contributed by atoms with Gasteiger partial charge in [-0.2, -0.15) is 0 Å². The van der Waals surface area contributed by atoms with Gasteiger partial charge in [0.1, 0.15) is 0 Å². The van der Waals surface area contributed by atoms with E-state index in [-0.39, 0.29) is 10.6 Å². The molecule has 1 aromatic carbocycles. The maximum absolute atomic E-state index is 11.1. The summed E-state index contributed by atoms with van der Waals surface area (Å²) in [4.78, 5) is 11.2. The SMILES string of the molecule is O=c1[nH]o[n+]([O-])c1-c1ccccc1. The van der Waals surface area contributed by atoms with E-state index in [1.165, 1.54) is 0 Å². The van der Waals surface area contributed by atoms with Crippen LogP contribution in [0.4, 0.5) is 0 Å². The van der Waals surface area contributed by atoms with Crippen LogP contribution in [0.25, 0.3) is 11.3 Å². The predicted molar refractivity (Wildman–Crippen MR) is 43.7 cm³/mol. The fourth-order valence-electron chi connectivity index (χ4n) is 1.09. The van der Waals surface area contributed by atoms with Gasteiger partial charge in [0.15, 0.2) is 0 Å². The third kappa shape index (κ3) is 1.20. The highest BCUT2D eigenvalue weighted by Crippen LogP contribution is 2.08. The molecule has 0 fully saturated rings. The van der Waals surface area contributed by atoms with E-state index in [2.05, 4.69) is 4.63 Å². The lowest BCUT2D eigenvalue weighted by Crippen LogP contribution is -2.27. The van der Waals surface area contributed by atoms with E-state index in [0.29, 0.717) is 5.56 Å². The molecular formula is C8H6N2O3. The summed E-state index contributed by atoms with van der Waals surface area (Å²) >= 11 is 0. The minimum absolute atomic E-state index is 0.0272. The molecular weight excluding hydrogens is 172 g/mol. The monoisotopic (exact) mass is 178 g/mol. The molecule has 0 atom stereocenters. The van der Waals surface area contributed by atoms with Gasteiger partial charge in [-0.3, -0.25) is 0 Å². The Bertz CT molecular complexity index is 458. The molecule has 1 N–H and O–H groups in total. The van der Waals surface area contributed by atoms with Crippen LogP contribution in [0.3, 0.4) is 0 Å². The molecule has 0 radical (unpaired) electrons. The van der Waals surface area contributed by atoms with Crippen LogP contribution in [0.5, 0.6) is 0 Å². The molecule has 1 heterocycles. The van der Waals surface area contributed by atoms with Gasteiger partial charge in [0, 0.05) is 5.56 Å². The molecule has 0 aliphatic rings. The van der Waals surface area contributed by atoms with Crippen molar-refractivity contribution in [2.24, 2.45) is 0 Å². The molecule has 0 saturated heterocycles. The van der Waals surface area contributed by atoms with Crippen LogP contribution in [-0.2, 0) is 0 Å². The first kappa shape index (κ1) is 7.60. The number of hydrogen-bond donors (Lipinski definition) is 1. The van der Waals surface area contributed by atoms with Crippen LogP contribution >= 0.6 is 0 Å². The van der Waals surface area contributed by atoms with Crippen molar-refractivity contribution in [3.8, 4) is 11.3 Å². The van der Waals surface area contributed by atoms with E-state index in [1.54, 1.807) is 30.3 Å². The van der Waals surface area contributed by atoms with Gasteiger partial charge in [-0.05, 0) is 4.90 Å². The number of aromatic nitrogens is 2. The molecule has 0 bridgehead atoms. The molecule has 5 nitrogen and oxygen atoms in total.